The number of thiophene rings is 1. The van der Waals surface area contributed by atoms with E-state index in [9.17, 15) is 38.0 Å². The number of urea groups is 1. The number of rotatable bonds is 4. The molecular formula is C17H14F3N3O5S. The Balaban J connectivity index is 2.17. The first-order chi connectivity index (χ1) is 13.5. The molecule has 3 rings (SSSR count). The number of non-ortho nitro benzene ring substituents is 1. The molecule has 0 spiro atoms. The van der Waals surface area contributed by atoms with E-state index in [1.807, 2.05) is 0 Å². The Bertz CT molecular complexity index is 948. The van der Waals surface area contributed by atoms with Gasteiger partial charge in [0.15, 0.2) is 5.78 Å². The number of nitrogens with one attached hydrogen (secondary N) is 1. The summed E-state index contributed by atoms with van der Waals surface area (Å²) in [5.74, 6) is -3.17. The second-order valence-corrected chi connectivity index (χ2v) is 7.33. The van der Waals surface area contributed by atoms with Gasteiger partial charge < -0.3 is 10.4 Å². The minimum atomic E-state index is -5.35. The van der Waals surface area contributed by atoms with Gasteiger partial charge in [-0.05, 0) is 17.0 Å². The molecule has 0 unspecified atom stereocenters. The smallest absolute Gasteiger partial charge is 0.363 e. The summed E-state index contributed by atoms with van der Waals surface area (Å²) in [6, 6.07) is 4.32. The zero-order valence-electron chi connectivity index (χ0n) is 14.7. The van der Waals surface area contributed by atoms with Gasteiger partial charge in [-0.1, -0.05) is 18.2 Å². The molecule has 1 aliphatic rings. The van der Waals surface area contributed by atoms with Crippen LogP contribution < -0.4 is 5.32 Å². The Hall–Kier alpha value is -2.99. The molecule has 8 nitrogen and oxygen atoms in total. The van der Waals surface area contributed by atoms with Crippen LogP contribution in [0.1, 0.15) is 21.3 Å². The number of ketones is 1. The van der Waals surface area contributed by atoms with Crippen molar-refractivity contribution < 1.29 is 32.8 Å². The van der Waals surface area contributed by atoms with Crippen LogP contribution in [-0.2, 0) is 0 Å². The number of nitrogens with zero attached hydrogens (tertiary/aromatic N) is 2. The Morgan fingerprint density at radius 2 is 1.93 bits per heavy atom. The Morgan fingerprint density at radius 3 is 2.41 bits per heavy atom. The summed E-state index contributed by atoms with van der Waals surface area (Å²) < 4.78 is 41.9. The van der Waals surface area contributed by atoms with E-state index < -0.39 is 40.6 Å². The number of aliphatic hydroxyl groups is 1. The third kappa shape index (κ3) is 3.34. The standard InChI is InChI=1S/C17H14F3N3O5S/c1-22-15(25)21-13(9-4-6-10(7-5-9)23(27)28)12(16(22,26)17(18,19)20)14(24)11-3-2-8-29-11/h2-8,12-13,26H,1H3,(H,21,25)/t12-,13+,16+/m1/s1. The van der Waals surface area contributed by atoms with Crippen molar-refractivity contribution in [1.29, 1.82) is 0 Å². The van der Waals surface area contributed by atoms with Gasteiger partial charge in [-0.15, -0.1) is 11.3 Å². The predicted octanol–water partition coefficient (Wildman–Crippen LogP) is 3.10. The molecule has 29 heavy (non-hydrogen) atoms. The number of alkyl halides is 3. The van der Waals surface area contributed by atoms with Crippen molar-refractivity contribution >= 4 is 28.8 Å². The first-order valence-corrected chi connectivity index (χ1v) is 9.02. The van der Waals surface area contributed by atoms with E-state index in [4.69, 9.17) is 0 Å². The van der Waals surface area contributed by atoms with Gasteiger partial charge in [-0.3, -0.25) is 19.8 Å². The summed E-state index contributed by atoms with van der Waals surface area (Å²) in [5, 5.41) is 25.3. The van der Waals surface area contributed by atoms with Crippen LogP contribution in [0.2, 0.25) is 0 Å². The molecule has 2 aromatic rings. The number of nitro benzene ring substituents is 1. The highest BCUT2D eigenvalue weighted by molar-refractivity contribution is 7.12. The van der Waals surface area contributed by atoms with Crippen LogP contribution in [0.25, 0.3) is 0 Å². The van der Waals surface area contributed by atoms with Gasteiger partial charge in [-0.2, -0.15) is 13.2 Å². The number of amides is 2. The van der Waals surface area contributed by atoms with Gasteiger partial charge in [0, 0.05) is 19.2 Å². The molecule has 1 aliphatic heterocycles. The fourth-order valence-corrected chi connectivity index (χ4v) is 3.96. The van der Waals surface area contributed by atoms with Gasteiger partial charge >= 0.3 is 12.2 Å². The predicted molar refractivity (Wildman–Crippen MR) is 95.3 cm³/mol. The summed E-state index contributed by atoms with van der Waals surface area (Å²) in [5.41, 5.74) is -4.10. The number of nitro groups is 1. The fraction of sp³-hybridized carbons (Fsp3) is 0.294. The minimum absolute atomic E-state index is 0.00892. The SMILES string of the molecule is CN1C(=O)N[C@@H](c2ccc([N+](=O)[O-])cc2)[C@H](C(=O)c2cccs2)[C@]1(O)C(F)(F)F. The minimum Gasteiger partial charge on any atom is -0.363 e. The molecule has 0 aliphatic carbocycles. The Morgan fingerprint density at radius 1 is 1.31 bits per heavy atom. The van der Waals surface area contributed by atoms with Crippen molar-refractivity contribution in [2.24, 2.45) is 5.92 Å². The van der Waals surface area contributed by atoms with Crippen molar-refractivity contribution in [3.63, 3.8) is 0 Å². The van der Waals surface area contributed by atoms with Crippen molar-refractivity contribution in [2.75, 3.05) is 7.05 Å². The van der Waals surface area contributed by atoms with Crippen LogP contribution in [-0.4, -0.2) is 45.7 Å². The summed E-state index contributed by atoms with van der Waals surface area (Å²) in [7, 11) is 0.740. The quantitative estimate of drug-likeness (QED) is 0.441. The van der Waals surface area contributed by atoms with Crippen LogP contribution in [0.15, 0.2) is 41.8 Å². The normalized spacial score (nSPS) is 24.9. The van der Waals surface area contributed by atoms with E-state index in [2.05, 4.69) is 5.32 Å². The second-order valence-electron chi connectivity index (χ2n) is 6.38. The summed E-state index contributed by atoms with van der Waals surface area (Å²) in [6.45, 7) is 0. The van der Waals surface area contributed by atoms with Gasteiger partial charge in [0.1, 0.15) is 5.92 Å². The lowest BCUT2D eigenvalue weighted by molar-refractivity contribution is -0.384. The molecule has 0 bridgehead atoms. The first kappa shape index (κ1) is 20.7. The number of carbonyl (C=O) groups excluding carboxylic acids is 2. The monoisotopic (exact) mass is 429 g/mol. The van der Waals surface area contributed by atoms with Gasteiger partial charge in [0.2, 0.25) is 0 Å². The molecular weight excluding hydrogens is 415 g/mol. The van der Waals surface area contributed by atoms with Crippen LogP contribution >= 0.6 is 11.3 Å². The number of hydrogen-bond donors (Lipinski definition) is 2. The molecule has 1 saturated heterocycles. The molecule has 0 saturated carbocycles. The largest absolute Gasteiger partial charge is 0.437 e. The molecule has 2 heterocycles. The zero-order chi connectivity index (χ0) is 21.6. The summed E-state index contributed by atoms with van der Waals surface area (Å²) >= 11 is 0.893. The number of benzene rings is 1. The van der Waals surface area contributed by atoms with E-state index in [1.165, 1.54) is 17.5 Å². The highest BCUT2D eigenvalue weighted by Crippen LogP contribution is 2.47. The molecule has 0 radical (unpaired) electrons. The maximum Gasteiger partial charge on any atom is 0.437 e. The van der Waals surface area contributed by atoms with Crippen LogP contribution in [0.4, 0.5) is 23.7 Å². The zero-order valence-corrected chi connectivity index (χ0v) is 15.5. The van der Waals surface area contributed by atoms with Gasteiger partial charge in [0.25, 0.3) is 11.4 Å². The van der Waals surface area contributed by atoms with E-state index in [-0.39, 0.29) is 21.0 Å². The van der Waals surface area contributed by atoms with Crippen LogP contribution in [0.3, 0.4) is 0 Å². The van der Waals surface area contributed by atoms with Crippen molar-refractivity contribution in [1.82, 2.24) is 10.2 Å². The lowest BCUT2D eigenvalue weighted by Crippen LogP contribution is -2.72. The first-order valence-electron chi connectivity index (χ1n) is 8.14. The van der Waals surface area contributed by atoms with Crippen molar-refractivity contribution in [3.05, 3.63) is 62.3 Å². The lowest BCUT2D eigenvalue weighted by Gasteiger charge is -2.49. The molecule has 1 aromatic heterocycles. The fourth-order valence-electron chi connectivity index (χ4n) is 3.26. The maximum absolute atomic E-state index is 14.0. The number of Topliss-reactive ketones (excluding diaryl/α,β-unsaturated/α-hetero) is 1. The Labute approximate surface area is 165 Å². The molecule has 12 heteroatoms. The topological polar surface area (TPSA) is 113 Å². The number of halogens is 3. The van der Waals surface area contributed by atoms with E-state index >= 15 is 0 Å². The molecule has 3 atom stereocenters. The van der Waals surface area contributed by atoms with E-state index in [1.54, 1.807) is 0 Å². The Kier molecular flexibility index (Phi) is 5.09. The average molecular weight is 429 g/mol. The van der Waals surface area contributed by atoms with Gasteiger partial charge in [-0.25, -0.2) is 4.79 Å². The highest BCUT2D eigenvalue weighted by Gasteiger charge is 2.69. The van der Waals surface area contributed by atoms with Crippen molar-refractivity contribution in [2.45, 2.75) is 17.9 Å². The number of hydrogen-bond acceptors (Lipinski definition) is 6. The molecule has 154 valence electrons. The number of carbonyl (C=O) groups is 2. The average Bonchev–Trinajstić information content (AvgIpc) is 3.19. The lowest BCUT2D eigenvalue weighted by atomic mass is 9.78. The van der Waals surface area contributed by atoms with Crippen molar-refractivity contribution in [3.8, 4) is 0 Å². The molecule has 1 aromatic carbocycles. The van der Waals surface area contributed by atoms with Gasteiger partial charge in [0.05, 0.1) is 15.8 Å². The third-order valence-electron chi connectivity index (χ3n) is 4.79. The maximum atomic E-state index is 14.0. The van der Waals surface area contributed by atoms with Crippen LogP contribution in [0, 0.1) is 16.0 Å². The van der Waals surface area contributed by atoms with Crippen LogP contribution in [0.5, 0.6) is 0 Å². The second kappa shape index (κ2) is 7.12. The molecule has 2 amide bonds. The third-order valence-corrected chi connectivity index (χ3v) is 5.67. The van der Waals surface area contributed by atoms with E-state index in [0.717, 1.165) is 42.6 Å². The highest BCUT2D eigenvalue weighted by atomic mass is 32.1. The molecule has 2 N–H and O–H groups in total. The molecule has 1 fully saturated rings. The summed E-state index contributed by atoms with van der Waals surface area (Å²) in [6.07, 6.45) is -5.35. The van der Waals surface area contributed by atoms with E-state index in [0.29, 0.717) is 0 Å². The summed E-state index contributed by atoms with van der Waals surface area (Å²) in [4.78, 5) is 35.4.